The second kappa shape index (κ2) is 6.38. The molecule has 0 bridgehead atoms. The molecule has 0 aromatic heterocycles. The van der Waals surface area contributed by atoms with Crippen LogP contribution in [0.4, 0.5) is 0 Å². The predicted molar refractivity (Wildman–Crippen MR) is 65.0 cm³/mol. The molecule has 0 saturated heterocycles. The molecule has 3 nitrogen and oxygen atoms in total. The minimum absolute atomic E-state index is 0.0662. The van der Waals surface area contributed by atoms with Crippen LogP contribution in [0.15, 0.2) is 24.3 Å². The van der Waals surface area contributed by atoms with E-state index >= 15 is 0 Å². The van der Waals surface area contributed by atoms with Crippen LogP contribution in [0.1, 0.15) is 23.7 Å². The fourth-order valence-corrected chi connectivity index (χ4v) is 1.59. The van der Waals surface area contributed by atoms with E-state index in [1.807, 2.05) is 6.92 Å². The average molecular weight is 242 g/mol. The van der Waals surface area contributed by atoms with Crippen LogP contribution in [0.2, 0.25) is 0 Å². The monoisotopic (exact) mass is 241 g/mol. The predicted octanol–water partition coefficient (Wildman–Crippen LogP) is 2.48. The van der Waals surface area contributed by atoms with Crippen molar-refractivity contribution in [2.75, 3.05) is 19.0 Å². The molecule has 1 N–H and O–H groups in total. The van der Waals surface area contributed by atoms with E-state index in [9.17, 15) is 9.90 Å². The largest absolute Gasteiger partial charge is 0.508 e. The number of benzene rings is 1. The summed E-state index contributed by atoms with van der Waals surface area (Å²) in [6, 6.07) is 6.39. The number of phenolic OH excluding ortho intramolecular Hbond substituents is 1. The van der Waals surface area contributed by atoms with Crippen molar-refractivity contribution in [1.29, 1.82) is 0 Å². The van der Waals surface area contributed by atoms with Gasteiger partial charge in [-0.3, -0.25) is 4.79 Å². The lowest BCUT2D eigenvalue weighted by atomic mass is 10.2. The Morgan fingerprint density at radius 3 is 2.81 bits per heavy atom. The first-order valence-corrected chi connectivity index (χ1v) is 5.86. The van der Waals surface area contributed by atoms with E-state index < -0.39 is 0 Å². The Bertz CT molecular complexity index is 355. The summed E-state index contributed by atoms with van der Waals surface area (Å²) in [4.78, 5) is 13.7. The van der Waals surface area contributed by atoms with Gasteiger partial charge in [-0.2, -0.15) is 0 Å². The van der Waals surface area contributed by atoms with E-state index in [1.54, 1.807) is 23.1 Å². The van der Waals surface area contributed by atoms with Crippen LogP contribution in [0.3, 0.4) is 0 Å². The van der Waals surface area contributed by atoms with E-state index in [4.69, 9.17) is 11.6 Å². The first-order valence-electron chi connectivity index (χ1n) is 5.33. The van der Waals surface area contributed by atoms with Gasteiger partial charge in [0.2, 0.25) is 0 Å². The number of amides is 1. The molecule has 0 fully saturated rings. The van der Waals surface area contributed by atoms with Gasteiger partial charge >= 0.3 is 0 Å². The van der Waals surface area contributed by atoms with Crippen molar-refractivity contribution in [3.05, 3.63) is 29.8 Å². The van der Waals surface area contributed by atoms with Crippen molar-refractivity contribution < 1.29 is 9.90 Å². The van der Waals surface area contributed by atoms with Crippen LogP contribution < -0.4 is 0 Å². The maximum absolute atomic E-state index is 12.0. The Balaban J connectivity index is 2.74. The highest BCUT2D eigenvalue weighted by Gasteiger charge is 2.13. The maximum Gasteiger partial charge on any atom is 0.253 e. The standard InChI is InChI=1S/C12H16ClNO2/c1-2-14(8-4-7-13)12(16)10-5-3-6-11(15)9-10/h3,5-6,9,15H,2,4,7-8H2,1H3. The first-order chi connectivity index (χ1) is 7.69. The summed E-state index contributed by atoms with van der Waals surface area (Å²) in [6.07, 6.45) is 0.778. The van der Waals surface area contributed by atoms with Gasteiger partial charge < -0.3 is 10.0 Å². The van der Waals surface area contributed by atoms with Gasteiger partial charge in [-0.1, -0.05) is 6.07 Å². The van der Waals surface area contributed by atoms with Crippen molar-refractivity contribution in [2.45, 2.75) is 13.3 Å². The second-order valence-electron chi connectivity index (χ2n) is 3.48. The fourth-order valence-electron chi connectivity index (χ4n) is 1.48. The molecule has 0 spiro atoms. The fraction of sp³-hybridized carbons (Fsp3) is 0.417. The van der Waals surface area contributed by atoms with Gasteiger partial charge in [-0.05, 0) is 31.5 Å². The normalized spacial score (nSPS) is 10.1. The number of hydrogen-bond donors (Lipinski definition) is 1. The quantitative estimate of drug-likeness (QED) is 0.805. The van der Waals surface area contributed by atoms with Gasteiger partial charge in [0.1, 0.15) is 5.75 Å². The lowest BCUT2D eigenvalue weighted by Crippen LogP contribution is -2.31. The molecule has 1 rings (SSSR count). The number of carbonyl (C=O) groups is 1. The molecule has 1 amide bonds. The van der Waals surface area contributed by atoms with Gasteiger partial charge in [0, 0.05) is 24.5 Å². The van der Waals surface area contributed by atoms with Gasteiger partial charge in [-0.15, -0.1) is 11.6 Å². The number of rotatable bonds is 5. The van der Waals surface area contributed by atoms with Crippen LogP contribution >= 0.6 is 11.6 Å². The van der Waals surface area contributed by atoms with Crippen molar-refractivity contribution in [1.82, 2.24) is 4.90 Å². The number of nitrogens with zero attached hydrogens (tertiary/aromatic N) is 1. The lowest BCUT2D eigenvalue weighted by Gasteiger charge is -2.20. The van der Waals surface area contributed by atoms with Gasteiger partial charge in [0.05, 0.1) is 0 Å². The van der Waals surface area contributed by atoms with Gasteiger partial charge in [0.25, 0.3) is 5.91 Å². The molecule has 0 aliphatic rings. The third kappa shape index (κ3) is 3.42. The molecule has 0 saturated carbocycles. The zero-order valence-corrected chi connectivity index (χ0v) is 10.1. The van der Waals surface area contributed by atoms with E-state index in [0.717, 1.165) is 6.42 Å². The topological polar surface area (TPSA) is 40.5 Å². The molecular weight excluding hydrogens is 226 g/mol. The highest BCUT2D eigenvalue weighted by atomic mass is 35.5. The molecular formula is C12H16ClNO2. The summed E-state index contributed by atoms with van der Waals surface area (Å²) in [5.74, 6) is 0.590. The maximum atomic E-state index is 12.0. The second-order valence-corrected chi connectivity index (χ2v) is 3.86. The average Bonchev–Trinajstić information content (AvgIpc) is 2.29. The number of alkyl halides is 1. The van der Waals surface area contributed by atoms with Crippen LogP contribution in [-0.4, -0.2) is 34.9 Å². The van der Waals surface area contributed by atoms with E-state index in [2.05, 4.69) is 0 Å². The number of phenols is 1. The highest BCUT2D eigenvalue weighted by Crippen LogP contribution is 2.13. The first kappa shape index (κ1) is 12.8. The summed E-state index contributed by atoms with van der Waals surface area (Å²) in [6.45, 7) is 3.22. The number of carbonyl (C=O) groups excluding carboxylic acids is 1. The summed E-state index contributed by atoms with van der Waals surface area (Å²) < 4.78 is 0. The van der Waals surface area contributed by atoms with Crippen LogP contribution in [0.25, 0.3) is 0 Å². The van der Waals surface area contributed by atoms with Crippen LogP contribution in [-0.2, 0) is 0 Å². The Kier molecular flexibility index (Phi) is 5.12. The van der Waals surface area contributed by atoms with Crippen molar-refractivity contribution in [3.63, 3.8) is 0 Å². The van der Waals surface area contributed by atoms with Crippen molar-refractivity contribution in [3.8, 4) is 5.75 Å². The summed E-state index contributed by atoms with van der Waals surface area (Å²) >= 11 is 5.60. The van der Waals surface area contributed by atoms with E-state index in [1.165, 1.54) is 6.07 Å². The molecule has 0 aliphatic carbocycles. The summed E-state index contributed by atoms with van der Waals surface area (Å²) in [5, 5.41) is 9.30. The molecule has 1 aromatic carbocycles. The number of halogens is 1. The summed E-state index contributed by atoms with van der Waals surface area (Å²) in [7, 11) is 0. The Hall–Kier alpha value is -1.22. The number of aromatic hydroxyl groups is 1. The smallest absolute Gasteiger partial charge is 0.253 e. The molecule has 0 aliphatic heterocycles. The van der Waals surface area contributed by atoms with Crippen molar-refractivity contribution >= 4 is 17.5 Å². The van der Waals surface area contributed by atoms with E-state index in [-0.39, 0.29) is 11.7 Å². The Morgan fingerprint density at radius 2 is 2.25 bits per heavy atom. The molecule has 88 valence electrons. The Labute approximate surface area is 101 Å². The third-order valence-corrected chi connectivity index (χ3v) is 2.59. The summed E-state index contributed by atoms with van der Waals surface area (Å²) in [5.41, 5.74) is 0.511. The third-order valence-electron chi connectivity index (χ3n) is 2.32. The van der Waals surface area contributed by atoms with Gasteiger partial charge in [0.15, 0.2) is 0 Å². The minimum Gasteiger partial charge on any atom is -0.508 e. The SMILES string of the molecule is CCN(CCCCl)C(=O)c1cccc(O)c1. The Morgan fingerprint density at radius 1 is 1.50 bits per heavy atom. The zero-order chi connectivity index (χ0) is 12.0. The molecule has 0 heterocycles. The zero-order valence-electron chi connectivity index (χ0n) is 9.32. The molecule has 0 radical (unpaired) electrons. The van der Waals surface area contributed by atoms with Gasteiger partial charge in [-0.25, -0.2) is 0 Å². The van der Waals surface area contributed by atoms with Crippen LogP contribution in [0.5, 0.6) is 5.75 Å². The molecule has 1 aromatic rings. The molecule has 16 heavy (non-hydrogen) atoms. The van der Waals surface area contributed by atoms with E-state index in [0.29, 0.717) is 24.5 Å². The number of hydrogen-bond acceptors (Lipinski definition) is 2. The van der Waals surface area contributed by atoms with Crippen molar-refractivity contribution in [2.24, 2.45) is 0 Å². The minimum atomic E-state index is -0.0662. The highest BCUT2D eigenvalue weighted by molar-refractivity contribution is 6.17. The molecule has 0 unspecified atom stereocenters. The van der Waals surface area contributed by atoms with Crippen LogP contribution in [0, 0.1) is 0 Å². The molecule has 0 atom stereocenters. The molecule has 4 heteroatoms. The lowest BCUT2D eigenvalue weighted by molar-refractivity contribution is 0.0764.